The Labute approximate surface area is 173 Å². The summed E-state index contributed by atoms with van der Waals surface area (Å²) in [6, 6.07) is 7.08. The third-order valence-corrected chi connectivity index (χ3v) is 7.31. The number of hydrogen-bond acceptors (Lipinski definition) is 2. The van der Waals surface area contributed by atoms with E-state index in [1.165, 1.54) is 44.3 Å². The first-order valence-corrected chi connectivity index (χ1v) is 11.3. The standard InChI is InChI=1S/C26H41NO/c1-25(2,3)22-17-20-11-9-13-24(23(20)18-22)26(4,14-7-8-16-28-6)21-12-10-15-27(5)19-21/h9,11,13,17,21H,7-8,10,12,14-16,18-19H2,1-6H3. The molecule has 0 saturated carbocycles. The summed E-state index contributed by atoms with van der Waals surface area (Å²) >= 11 is 0. The van der Waals surface area contributed by atoms with Gasteiger partial charge in [-0.1, -0.05) is 64.0 Å². The molecule has 2 unspecified atom stereocenters. The zero-order valence-corrected chi connectivity index (χ0v) is 19.1. The molecule has 1 fully saturated rings. The molecule has 1 aromatic rings. The minimum atomic E-state index is 0.245. The van der Waals surface area contributed by atoms with Gasteiger partial charge >= 0.3 is 0 Å². The second-order valence-electron chi connectivity index (χ2n) is 10.4. The number of ether oxygens (including phenoxy) is 1. The lowest BCUT2D eigenvalue weighted by Gasteiger charge is -2.44. The predicted molar refractivity (Wildman–Crippen MR) is 121 cm³/mol. The van der Waals surface area contributed by atoms with E-state index in [1.807, 2.05) is 7.11 Å². The monoisotopic (exact) mass is 383 g/mol. The Kier molecular flexibility index (Phi) is 6.72. The Bertz CT molecular complexity index is 699. The third kappa shape index (κ3) is 4.54. The van der Waals surface area contributed by atoms with Crippen molar-refractivity contribution in [3.05, 3.63) is 40.5 Å². The first-order chi connectivity index (χ1) is 13.3. The molecule has 3 rings (SSSR count). The molecule has 0 aromatic heterocycles. The molecule has 0 spiro atoms. The first-order valence-electron chi connectivity index (χ1n) is 11.3. The number of rotatable bonds is 7. The number of likely N-dealkylation sites (tertiary alicyclic amines) is 1. The van der Waals surface area contributed by atoms with Crippen molar-refractivity contribution in [1.82, 2.24) is 4.90 Å². The van der Waals surface area contributed by atoms with E-state index in [0.717, 1.165) is 25.4 Å². The number of benzene rings is 1. The molecule has 2 atom stereocenters. The van der Waals surface area contributed by atoms with E-state index in [4.69, 9.17) is 4.74 Å². The van der Waals surface area contributed by atoms with E-state index < -0.39 is 0 Å². The number of piperidine rings is 1. The van der Waals surface area contributed by atoms with Crippen LogP contribution in [0.1, 0.15) is 76.5 Å². The van der Waals surface area contributed by atoms with Crippen molar-refractivity contribution < 1.29 is 4.74 Å². The van der Waals surface area contributed by atoms with Crippen LogP contribution in [0.5, 0.6) is 0 Å². The van der Waals surface area contributed by atoms with Gasteiger partial charge in [-0.2, -0.15) is 0 Å². The van der Waals surface area contributed by atoms with Gasteiger partial charge in [0.2, 0.25) is 0 Å². The van der Waals surface area contributed by atoms with Crippen molar-refractivity contribution in [2.75, 3.05) is 33.9 Å². The van der Waals surface area contributed by atoms with Crippen molar-refractivity contribution in [1.29, 1.82) is 0 Å². The Hall–Kier alpha value is -1.12. The summed E-state index contributed by atoms with van der Waals surface area (Å²) in [5, 5.41) is 0. The van der Waals surface area contributed by atoms with Gasteiger partial charge < -0.3 is 9.64 Å². The fourth-order valence-electron chi connectivity index (χ4n) is 5.37. The summed E-state index contributed by atoms with van der Waals surface area (Å²) in [5.41, 5.74) is 6.77. The topological polar surface area (TPSA) is 12.5 Å². The van der Waals surface area contributed by atoms with Crippen LogP contribution in [-0.4, -0.2) is 38.8 Å². The van der Waals surface area contributed by atoms with Gasteiger partial charge in [-0.25, -0.2) is 0 Å². The predicted octanol–water partition coefficient (Wildman–Crippen LogP) is 6.09. The van der Waals surface area contributed by atoms with Crippen molar-refractivity contribution in [2.45, 2.75) is 71.6 Å². The highest BCUT2D eigenvalue weighted by molar-refractivity contribution is 5.67. The van der Waals surface area contributed by atoms with Gasteiger partial charge in [-0.3, -0.25) is 0 Å². The zero-order valence-electron chi connectivity index (χ0n) is 19.1. The number of fused-ring (bicyclic) bond motifs is 1. The number of allylic oxidation sites excluding steroid dienone is 1. The Morgan fingerprint density at radius 1 is 1.14 bits per heavy atom. The van der Waals surface area contributed by atoms with Gasteiger partial charge in [-0.15, -0.1) is 0 Å². The second-order valence-corrected chi connectivity index (χ2v) is 10.4. The molecule has 0 radical (unpaired) electrons. The molecule has 0 N–H and O–H groups in total. The van der Waals surface area contributed by atoms with Crippen molar-refractivity contribution >= 4 is 6.08 Å². The normalized spacial score (nSPS) is 22.6. The highest BCUT2D eigenvalue weighted by Gasteiger charge is 2.40. The summed E-state index contributed by atoms with van der Waals surface area (Å²) in [6.45, 7) is 13.0. The van der Waals surface area contributed by atoms with Crippen LogP contribution in [0.4, 0.5) is 0 Å². The van der Waals surface area contributed by atoms with Crippen LogP contribution in [0.25, 0.3) is 6.08 Å². The van der Waals surface area contributed by atoms with Crippen molar-refractivity contribution in [3.8, 4) is 0 Å². The van der Waals surface area contributed by atoms with Crippen LogP contribution in [0, 0.1) is 11.3 Å². The molecule has 0 amide bonds. The molecule has 2 aliphatic rings. The molecule has 2 heteroatoms. The van der Waals surface area contributed by atoms with Gasteiger partial charge in [0.25, 0.3) is 0 Å². The molecular formula is C26H41NO. The number of nitrogens with zero attached hydrogens (tertiary/aromatic N) is 1. The van der Waals surface area contributed by atoms with E-state index in [9.17, 15) is 0 Å². The molecule has 1 aromatic carbocycles. The number of methoxy groups -OCH3 is 1. The Morgan fingerprint density at radius 3 is 2.61 bits per heavy atom. The van der Waals surface area contributed by atoms with Gasteiger partial charge in [0.1, 0.15) is 0 Å². The maximum Gasteiger partial charge on any atom is 0.0462 e. The van der Waals surface area contributed by atoms with Crippen LogP contribution in [0.15, 0.2) is 23.8 Å². The van der Waals surface area contributed by atoms with Crippen molar-refractivity contribution in [2.24, 2.45) is 11.3 Å². The maximum atomic E-state index is 5.33. The summed E-state index contributed by atoms with van der Waals surface area (Å²) in [5.74, 6) is 0.735. The lowest BCUT2D eigenvalue weighted by atomic mass is 9.64. The maximum absolute atomic E-state index is 5.33. The highest BCUT2D eigenvalue weighted by atomic mass is 16.5. The molecule has 28 heavy (non-hydrogen) atoms. The van der Waals surface area contributed by atoms with E-state index in [-0.39, 0.29) is 10.8 Å². The Morgan fingerprint density at radius 2 is 1.93 bits per heavy atom. The van der Waals surface area contributed by atoms with Crippen LogP contribution in [0.2, 0.25) is 0 Å². The van der Waals surface area contributed by atoms with Gasteiger partial charge in [0, 0.05) is 20.3 Å². The molecule has 2 nitrogen and oxygen atoms in total. The van der Waals surface area contributed by atoms with Gasteiger partial charge in [0.05, 0.1) is 0 Å². The van der Waals surface area contributed by atoms with Crippen LogP contribution >= 0.6 is 0 Å². The minimum absolute atomic E-state index is 0.245. The zero-order chi connectivity index (χ0) is 20.4. The molecule has 0 bridgehead atoms. The largest absolute Gasteiger partial charge is 0.385 e. The molecule has 156 valence electrons. The van der Waals surface area contributed by atoms with Gasteiger partial charge in [0.15, 0.2) is 0 Å². The minimum Gasteiger partial charge on any atom is -0.385 e. The smallest absolute Gasteiger partial charge is 0.0462 e. The average molecular weight is 384 g/mol. The second kappa shape index (κ2) is 8.71. The van der Waals surface area contributed by atoms with Crippen molar-refractivity contribution in [3.63, 3.8) is 0 Å². The number of unbranched alkanes of at least 4 members (excludes halogenated alkanes) is 1. The highest BCUT2D eigenvalue weighted by Crippen LogP contribution is 2.46. The Balaban J connectivity index is 1.93. The van der Waals surface area contributed by atoms with Crippen LogP contribution in [-0.2, 0) is 16.6 Å². The summed E-state index contributed by atoms with van der Waals surface area (Å²) in [4.78, 5) is 2.55. The fourth-order valence-corrected chi connectivity index (χ4v) is 5.37. The molecule has 1 heterocycles. The fraction of sp³-hybridized carbons (Fsp3) is 0.692. The first kappa shape index (κ1) is 21.6. The van der Waals surface area contributed by atoms with E-state index in [1.54, 1.807) is 16.7 Å². The quantitative estimate of drug-likeness (QED) is 0.528. The summed E-state index contributed by atoms with van der Waals surface area (Å²) in [7, 11) is 4.12. The lowest BCUT2D eigenvalue weighted by molar-refractivity contribution is 0.129. The molecular weight excluding hydrogens is 342 g/mol. The van der Waals surface area contributed by atoms with E-state index in [2.05, 4.69) is 63.9 Å². The lowest BCUT2D eigenvalue weighted by Crippen LogP contribution is -2.43. The van der Waals surface area contributed by atoms with E-state index >= 15 is 0 Å². The average Bonchev–Trinajstić information content (AvgIpc) is 3.10. The third-order valence-electron chi connectivity index (χ3n) is 7.31. The molecule has 1 aliphatic carbocycles. The van der Waals surface area contributed by atoms with Crippen LogP contribution < -0.4 is 0 Å². The summed E-state index contributed by atoms with van der Waals surface area (Å²) in [6.07, 6.45) is 9.95. The molecule has 1 saturated heterocycles. The number of hydrogen-bond donors (Lipinski definition) is 0. The SMILES string of the molecule is COCCCCC(C)(c1cccc2c1CC(C(C)(C)C)=C2)C1CCCN(C)C1. The molecule has 1 aliphatic heterocycles. The summed E-state index contributed by atoms with van der Waals surface area (Å²) < 4.78 is 5.33. The van der Waals surface area contributed by atoms with Gasteiger partial charge in [-0.05, 0) is 79.1 Å². The van der Waals surface area contributed by atoms with E-state index in [0.29, 0.717) is 0 Å². The van der Waals surface area contributed by atoms with Crippen LogP contribution in [0.3, 0.4) is 0 Å².